The minimum Gasteiger partial charge on any atom is -0.462 e. The third kappa shape index (κ3) is 2.47. The van der Waals surface area contributed by atoms with Crippen molar-refractivity contribution in [1.82, 2.24) is 0 Å². The number of aliphatic hydroxyl groups is 1. The average molecular weight is 280 g/mol. The van der Waals surface area contributed by atoms with E-state index in [0.29, 0.717) is 12.8 Å². The smallest absolute Gasteiger partial charge is 0.398 e. The Morgan fingerprint density at radius 2 is 2.00 bits per heavy atom. The molecule has 19 heavy (non-hydrogen) atoms. The van der Waals surface area contributed by atoms with Gasteiger partial charge in [-0.1, -0.05) is 0 Å². The molecule has 1 N–H and O–H groups in total. The van der Waals surface area contributed by atoms with Crippen LogP contribution in [0.4, 0.5) is 13.2 Å². The molecule has 2 rings (SSSR count). The SMILES string of the molecule is CC(=O)O[C@H]1CCC[C@@H]2C[C@@H](O)CC[C@@]21C(F)(F)F. The van der Waals surface area contributed by atoms with Crippen LogP contribution in [0.25, 0.3) is 0 Å². The Morgan fingerprint density at radius 1 is 1.32 bits per heavy atom. The standard InChI is InChI=1S/C13H19F3O3/c1-8(17)19-11-4-2-3-9-7-10(18)5-6-12(9,11)13(14,15)16/h9-11,18H,2-7H2,1H3/t9-,10+,11+,12-/m1/s1. The quantitative estimate of drug-likeness (QED) is 0.751. The Balaban J connectivity index is 2.35. The fourth-order valence-corrected chi connectivity index (χ4v) is 3.79. The van der Waals surface area contributed by atoms with Gasteiger partial charge in [-0.25, -0.2) is 0 Å². The summed E-state index contributed by atoms with van der Waals surface area (Å²) in [5, 5.41) is 9.62. The Bertz CT molecular complexity index is 356. The van der Waals surface area contributed by atoms with E-state index in [1.165, 1.54) is 0 Å². The summed E-state index contributed by atoms with van der Waals surface area (Å²) in [6.45, 7) is 1.14. The van der Waals surface area contributed by atoms with Crippen LogP contribution in [0.1, 0.15) is 45.4 Å². The van der Waals surface area contributed by atoms with Crippen molar-refractivity contribution in [2.75, 3.05) is 0 Å². The van der Waals surface area contributed by atoms with Crippen LogP contribution in [-0.2, 0) is 9.53 Å². The molecule has 2 fully saturated rings. The molecule has 2 aliphatic carbocycles. The second-order valence-corrected chi connectivity index (χ2v) is 5.69. The molecule has 0 aromatic heterocycles. The number of rotatable bonds is 1. The number of ether oxygens (including phenoxy) is 1. The fourth-order valence-electron chi connectivity index (χ4n) is 3.79. The van der Waals surface area contributed by atoms with Crippen molar-refractivity contribution in [3.05, 3.63) is 0 Å². The lowest BCUT2D eigenvalue weighted by atomic mass is 9.57. The van der Waals surface area contributed by atoms with Gasteiger partial charge in [0, 0.05) is 6.92 Å². The van der Waals surface area contributed by atoms with Crippen molar-refractivity contribution >= 4 is 5.97 Å². The maximum atomic E-state index is 13.6. The summed E-state index contributed by atoms with van der Waals surface area (Å²) in [4.78, 5) is 11.1. The summed E-state index contributed by atoms with van der Waals surface area (Å²) < 4.78 is 45.9. The van der Waals surface area contributed by atoms with Crippen molar-refractivity contribution in [1.29, 1.82) is 0 Å². The summed E-state index contributed by atoms with van der Waals surface area (Å²) in [6, 6.07) is 0. The molecule has 0 saturated heterocycles. The third-order valence-corrected chi connectivity index (χ3v) is 4.61. The second kappa shape index (κ2) is 4.96. The highest BCUT2D eigenvalue weighted by Gasteiger charge is 2.66. The first-order valence-corrected chi connectivity index (χ1v) is 6.69. The Kier molecular flexibility index (Phi) is 3.82. The topological polar surface area (TPSA) is 46.5 Å². The van der Waals surface area contributed by atoms with Crippen molar-refractivity contribution in [3.8, 4) is 0 Å². The largest absolute Gasteiger partial charge is 0.462 e. The van der Waals surface area contributed by atoms with Crippen molar-refractivity contribution in [2.24, 2.45) is 11.3 Å². The van der Waals surface area contributed by atoms with E-state index in [-0.39, 0.29) is 25.7 Å². The van der Waals surface area contributed by atoms with Crippen LogP contribution in [-0.4, -0.2) is 29.5 Å². The maximum Gasteiger partial charge on any atom is 0.398 e. The van der Waals surface area contributed by atoms with E-state index in [1.54, 1.807) is 0 Å². The first-order chi connectivity index (χ1) is 8.77. The number of hydrogen-bond acceptors (Lipinski definition) is 3. The lowest BCUT2D eigenvalue weighted by Gasteiger charge is -2.52. The van der Waals surface area contributed by atoms with Crippen LogP contribution in [0.3, 0.4) is 0 Å². The number of hydrogen-bond donors (Lipinski definition) is 1. The van der Waals surface area contributed by atoms with Gasteiger partial charge < -0.3 is 9.84 Å². The van der Waals surface area contributed by atoms with Crippen LogP contribution in [0.2, 0.25) is 0 Å². The predicted molar refractivity (Wildman–Crippen MR) is 61.2 cm³/mol. The third-order valence-electron chi connectivity index (χ3n) is 4.61. The summed E-state index contributed by atoms with van der Waals surface area (Å²) in [7, 11) is 0. The zero-order chi connectivity index (χ0) is 14.3. The molecule has 110 valence electrons. The first kappa shape index (κ1) is 14.6. The molecule has 2 aliphatic rings. The Morgan fingerprint density at radius 3 is 2.58 bits per heavy atom. The van der Waals surface area contributed by atoms with Gasteiger partial charge in [0.1, 0.15) is 11.5 Å². The number of alkyl halides is 3. The van der Waals surface area contributed by atoms with Gasteiger partial charge in [-0.2, -0.15) is 13.2 Å². The van der Waals surface area contributed by atoms with Gasteiger partial charge in [0.15, 0.2) is 0 Å². The summed E-state index contributed by atoms with van der Waals surface area (Å²) >= 11 is 0. The Hall–Kier alpha value is -0.780. The minimum absolute atomic E-state index is 0.119. The fraction of sp³-hybridized carbons (Fsp3) is 0.923. The van der Waals surface area contributed by atoms with E-state index < -0.39 is 35.7 Å². The lowest BCUT2D eigenvalue weighted by molar-refractivity contribution is -0.300. The highest BCUT2D eigenvalue weighted by molar-refractivity contribution is 5.66. The zero-order valence-electron chi connectivity index (χ0n) is 10.9. The summed E-state index contributed by atoms with van der Waals surface area (Å²) in [5.74, 6) is -1.31. The van der Waals surface area contributed by atoms with E-state index in [2.05, 4.69) is 0 Å². The van der Waals surface area contributed by atoms with Gasteiger partial charge in [-0.3, -0.25) is 4.79 Å². The van der Waals surface area contributed by atoms with E-state index >= 15 is 0 Å². The van der Waals surface area contributed by atoms with Crippen molar-refractivity contribution < 1.29 is 27.8 Å². The van der Waals surface area contributed by atoms with Crippen molar-refractivity contribution in [3.63, 3.8) is 0 Å². The number of halogens is 3. The molecule has 0 amide bonds. The molecule has 0 aromatic carbocycles. The molecule has 0 unspecified atom stereocenters. The second-order valence-electron chi connectivity index (χ2n) is 5.69. The molecular weight excluding hydrogens is 261 g/mol. The molecule has 0 aliphatic heterocycles. The minimum atomic E-state index is -4.40. The molecule has 0 bridgehead atoms. The number of esters is 1. The van der Waals surface area contributed by atoms with Crippen LogP contribution in [0, 0.1) is 11.3 Å². The van der Waals surface area contributed by atoms with Crippen LogP contribution < -0.4 is 0 Å². The van der Waals surface area contributed by atoms with Crippen LogP contribution >= 0.6 is 0 Å². The molecule has 0 heterocycles. The monoisotopic (exact) mass is 280 g/mol. The van der Waals surface area contributed by atoms with Gasteiger partial charge in [0.2, 0.25) is 0 Å². The molecular formula is C13H19F3O3. The van der Waals surface area contributed by atoms with Crippen LogP contribution in [0.5, 0.6) is 0 Å². The molecule has 3 nitrogen and oxygen atoms in total. The highest BCUT2D eigenvalue weighted by Crippen LogP contribution is 2.59. The first-order valence-electron chi connectivity index (χ1n) is 6.69. The van der Waals surface area contributed by atoms with Gasteiger partial charge in [-0.05, 0) is 44.4 Å². The van der Waals surface area contributed by atoms with Gasteiger partial charge in [0.25, 0.3) is 0 Å². The summed E-state index contributed by atoms with van der Waals surface area (Å²) in [6.07, 6.45) is -4.76. The number of fused-ring (bicyclic) bond motifs is 1. The van der Waals surface area contributed by atoms with Crippen molar-refractivity contribution in [2.45, 2.75) is 63.8 Å². The predicted octanol–water partition coefficient (Wildman–Crippen LogP) is 2.81. The van der Waals surface area contributed by atoms with E-state index in [4.69, 9.17) is 4.74 Å². The zero-order valence-corrected chi connectivity index (χ0v) is 10.9. The molecule has 0 spiro atoms. The number of aliphatic hydroxyl groups excluding tert-OH is 1. The van der Waals surface area contributed by atoms with Crippen LogP contribution in [0.15, 0.2) is 0 Å². The lowest BCUT2D eigenvalue weighted by Crippen LogP contribution is -2.58. The van der Waals surface area contributed by atoms with Gasteiger partial charge in [-0.15, -0.1) is 0 Å². The van der Waals surface area contributed by atoms with Gasteiger partial charge >= 0.3 is 12.1 Å². The number of carbonyl (C=O) groups excluding carboxylic acids is 1. The maximum absolute atomic E-state index is 13.6. The van der Waals surface area contributed by atoms with E-state index in [0.717, 1.165) is 6.92 Å². The molecule has 6 heteroatoms. The highest BCUT2D eigenvalue weighted by atomic mass is 19.4. The average Bonchev–Trinajstić information content (AvgIpc) is 2.26. The van der Waals surface area contributed by atoms with E-state index in [1.807, 2.05) is 0 Å². The Labute approximate surface area is 110 Å². The number of carbonyl (C=O) groups is 1. The normalized spacial score (nSPS) is 39.5. The molecule has 4 atom stereocenters. The van der Waals surface area contributed by atoms with E-state index in [9.17, 15) is 23.1 Å². The molecule has 0 aromatic rings. The van der Waals surface area contributed by atoms with Gasteiger partial charge in [0.05, 0.1) is 6.10 Å². The molecule has 0 radical (unpaired) electrons. The molecule has 2 saturated carbocycles. The summed E-state index contributed by atoms with van der Waals surface area (Å²) in [5.41, 5.74) is -1.96.